The average Bonchev–Trinajstić information content (AvgIpc) is 3.61. The van der Waals surface area contributed by atoms with Crippen LogP contribution in [0.15, 0.2) is 66.9 Å². The molecule has 0 fully saturated rings. The second-order valence-corrected chi connectivity index (χ2v) is 13.8. The van der Waals surface area contributed by atoms with Crippen LogP contribution in [0.5, 0.6) is 0 Å². The second kappa shape index (κ2) is 12.6. The number of carboxylic acid groups (broad SMARTS) is 1. The van der Waals surface area contributed by atoms with E-state index in [1.165, 1.54) is 12.1 Å². The maximum atomic E-state index is 13.4. The molecule has 0 aliphatic heterocycles. The molecule has 0 aliphatic carbocycles. The first-order valence-electron chi connectivity index (χ1n) is 14.9. The summed E-state index contributed by atoms with van der Waals surface area (Å²) < 4.78 is 48.5. The van der Waals surface area contributed by atoms with Crippen LogP contribution in [-0.4, -0.2) is 43.4 Å². The Morgan fingerprint density at radius 2 is 1.69 bits per heavy atom. The largest absolute Gasteiger partial charge is 0.547 e. The predicted molar refractivity (Wildman–Crippen MR) is 181 cm³/mol. The number of nitrogens with zero attached hydrogens (tertiary/aromatic N) is 4. The van der Waals surface area contributed by atoms with E-state index in [4.69, 9.17) is 26.3 Å². The molecular weight excluding hydrogens is 679 g/mol. The number of alkyl halides is 3. The number of aliphatic carboxylic acids is 1. The van der Waals surface area contributed by atoms with Crippen molar-refractivity contribution in [2.45, 2.75) is 45.6 Å². The predicted octanol–water partition coefficient (Wildman–Crippen LogP) is 7.65. The fourth-order valence-corrected chi connectivity index (χ4v) is 6.79. The number of hydrogen-bond donors (Lipinski definition) is 1. The number of halogens is 4. The van der Waals surface area contributed by atoms with Gasteiger partial charge in [0.2, 0.25) is 0 Å². The van der Waals surface area contributed by atoms with E-state index >= 15 is 0 Å². The lowest BCUT2D eigenvalue weighted by molar-refractivity contribution is -0.321. The van der Waals surface area contributed by atoms with Crippen molar-refractivity contribution in [1.29, 1.82) is 0 Å². The molecule has 6 aromatic rings. The molecule has 0 saturated carbocycles. The van der Waals surface area contributed by atoms with E-state index in [1.807, 2.05) is 23.5 Å². The maximum absolute atomic E-state index is 13.4. The summed E-state index contributed by atoms with van der Waals surface area (Å²) in [6, 6.07) is 16.8. The van der Waals surface area contributed by atoms with Gasteiger partial charge in [-0.25, -0.2) is 9.97 Å². The number of carbonyl (C=O) groups is 2. The van der Waals surface area contributed by atoms with Crippen LogP contribution in [0.1, 0.15) is 38.0 Å². The first kappa shape index (κ1) is 34.0. The highest BCUT2D eigenvalue weighted by atomic mass is 35.5. The number of aromatic nitrogens is 4. The number of pyridine rings is 1. The minimum Gasteiger partial charge on any atom is -0.547 e. The number of nitrogens with one attached hydrogen (secondary N) is 1. The van der Waals surface area contributed by atoms with Crippen molar-refractivity contribution < 1.29 is 32.6 Å². The van der Waals surface area contributed by atoms with Crippen molar-refractivity contribution in [2.75, 3.05) is 5.32 Å². The fraction of sp³-hybridized carbons (Fsp3) is 0.229. The lowest BCUT2D eigenvalue weighted by atomic mass is 9.91. The monoisotopic (exact) mass is 706 g/mol. The molecule has 0 radical (unpaired) electrons. The van der Waals surface area contributed by atoms with Gasteiger partial charge in [-0.1, -0.05) is 29.8 Å². The summed E-state index contributed by atoms with van der Waals surface area (Å²) in [6.45, 7) is 6.90. The number of benzene rings is 3. The Morgan fingerprint density at radius 1 is 1.00 bits per heavy atom. The van der Waals surface area contributed by atoms with E-state index in [0.29, 0.717) is 48.8 Å². The topological polar surface area (TPSA) is 122 Å². The van der Waals surface area contributed by atoms with Gasteiger partial charge in [-0.2, -0.15) is 18.3 Å². The Balaban J connectivity index is 1.60. The number of rotatable bonds is 7. The van der Waals surface area contributed by atoms with Gasteiger partial charge in [-0.15, -0.1) is 11.3 Å². The normalized spacial score (nSPS) is 12.8. The summed E-state index contributed by atoms with van der Waals surface area (Å²) in [5, 5.41) is 20.3. The minimum atomic E-state index is -5.16. The van der Waals surface area contributed by atoms with E-state index in [9.17, 15) is 27.9 Å². The smallest absolute Gasteiger partial charge is 0.471 e. The Morgan fingerprint density at radius 3 is 2.35 bits per heavy atom. The van der Waals surface area contributed by atoms with Crippen LogP contribution in [-0.2, 0) is 21.4 Å². The number of thiazole rings is 1. The van der Waals surface area contributed by atoms with Crippen LogP contribution < -0.4 is 10.4 Å². The highest BCUT2D eigenvalue weighted by Gasteiger charge is 2.39. The molecule has 0 aliphatic rings. The average molecular weight is 707 g/mol. The molecule has 1 amide bonds. The molecule has 14 heteroatoms. The van der Waals surface area contributed by atoms with Gasteiger partial charge < -0.3 is 20.0 Å². The van der Waals surface area contributed by atoms with E-state index < -0.39 is 29.8 Å². The molecule has 0 bridgehead atoms. The molecule has 0 saturated heterocycles. The zero-order chi connectivity index (χ0) is 35.4. The summed E-state index contributed by atoms with van der Waals surface area (Å²) in [7, 11) is 1.81. The molecular formula is C35H28ClF3N5O4S-. The van der Waals surface area contributed by atoms with Crippen molar-refractivity contribution in [3.8, 4) is 33.1 Å². The Labute approximate surface area is 287 Å². The van der Waals surface area contributed by atoms with Crippen LogP contribution in [0.4, 0.5) is 18.9 Å². The lowest BCUT2D eigenvalue weighted by Crippen LogP contribution is -2.36. The standard InChI is InChI=1S/C35H29ClF3N5O4S/c1-17-14-24-30(27(18-6-9-21(36)10-7-18)26(17)29(32(45)46)48-34(2,3)4)49-31(42-24)28-23(43-33(47)35(37,38)39)12-11-22(41-28)19-8-13-25-20(15-19)16-40-44(25)5/h6-16,29H,1-5H3,(H,43,47)(H,45,46)/p-1. The third kappa shape index (κ3) is 6.87. The summed E-state index contributed by atoms with van der Waals surface area (Å²) in [4.78, 5) is 34.2. The number of hydrogen-bond acceptors (Lipinski definition) is 8. The number of anilines is 1. The van der Waals surface area contributed by atoms with Crippen LogP contribution >= 0.6 is 22.9 Å². The Kier molecular flexibility index (Phi) is 8.72. The van der Waals surface area contributed by atoms with Gasteiger partial charge in [0.25, 0.3) is 0 Å². The number of aryl methyl sites for hydroxylation is 2. The molecule has 3 aromatic carbocycles. The summed E-state index contributed by atoms with van der Waals surface area (Å²) in [6.07, 6.45) is -4.95. The third-order valence-corrected chi connectivity index (χ3v) is 9.00. The highest BCUT2D eigenvalue weighted by molar-refractivity contribution is 7.22. The molecule has 3 heterocycles. The van der Waals surface area contributed by atoms with E-state index in [0.717, 1.165) is 22.2 Å². The maximum Gasteiger partial charge on any atom is 0.471 e. The number of carboxylic acids is 1. The van der Waals surface area contributed by atoms with Crippen molar-refractivity contribution in [3.63, 3.8) is 0 Å². The molecule has 6 rings (SSSR count). The van der Waals surface area contributed by atoms with Crippen LogP contribution in [0, 0.1) is 6.92 Å². The van der Waals surface area contributed by atoms with Gasteiger partial charge in [-0.3, -0.25) is 9.48 Å². The first-order valence-corrected chi connectivity index (χ1v) is 16.1. The first-order chi connectivity index (χ1) is 23.0. The van der Waals surface area contributed by atoms with E-state index in [-0.39, 0.29) is 16.4 Å². The zero-order valence-corrected chi connectivity index (χ0v) is 28.3. The molecule has 49 heavy (non-hydrogen) atoms. The van der Waals surface area contributed by atoms with Crippen LogP contribution in [0.25, 0.3) is 54.2 Å². The van der Waals surface area contributed by atoms with E-state index in [2.05, 4.69) is 5.10 Å². The van der Waals surface area contributed by atoms with Gasteiger partial charge >= 0.3 is 12.1 Å². The molecule has 1 N–H and O–H groups in total. The number of fused-ring (bicyclic) bond motifs is 2. The number of ether oxygens (including phenoxy) is 1. The SMILES string of the molecule is Cc1cc2nc(-c3nc(-c4ccc5c(cnn5C)c4)ccc3NC(=O)C(F)(F)F)sc2c(-c2ccc(Cl)cc2)c1C(OC(C)(C)C)C(=O)[O-]. The van der Waals surface area contributed by atoms with Gasteiger partial charge in [0.15, 0.2) is 0 Å². The fourth-order valence-electron chi connectivity index (χ4n) is 5.53. The van der Waals surface area contributed by atoms with Gasteiger partial charge in [0.05, 0.1) is 44.9 Å². The van der Waals surface area contributed by atoms with Crippen LogP contribution in [0.2, 0.25) is 5.02 Å². The quantitative estimate of drug-likeness (QED) is 0.181. The summed E-state index contributed by atoms with van der Waals surface area (Å²) in [5.41, 5.74) is 3.23. The molecule has 9 nitrogen and oxygen atoms in total. The molecule has 3 aromatic heterocycles. The Hall–Kier alpha value is -4.85. The molecule has 1 atom stereocenters. The summed E-state index contributed by atoms with van der Waals surface area (Å²) in [5.74, 6) is -3.62. The lowest BCUT2D eigenvalue weighted by Gasteiger charge is -2.31. The van der Waals surface area contributed by atoms with Gasteiger partial charge in [-0.05, 0) is 86.8 Å². The zero-order valence-electron chi connectivity index (χ0n) is 26.8. The number of carbonyl (C=O) groups excluding carboxylic acids is 2. The number of amides is 1. The van der Waals surface area contributed by atoms with Crippen molar-refractivity contribution >= 4 is 61.6 Å². The van der Waals surface area contributed by atoms with Gasteiger partial charge in [0.1, 0.15) is 16.8 Å². The molecule has 0 spiro atoms. The molecule has 252 valence electrons. The highest BCUT2D eigenvalue weighted by Crippen LogP contribution is 2.45. The van der Waals surface area contributed by atoms with Crippen molar-refractivity contribution in [1.82, 2.24) is 19.7 Å². The van der Waals surface area contributed by atoms with Crippen molar-refractivity contribution in [3.05, 3.63) is 83.0 Å². The van der Waals surface area contributed by atoms with Crippen molar-refractivity contribution in [2.24, 2.45) is 7.05 Å². The third-order valence-electron chi connectivity index (χ3n) is 7.65. The minimum absolute atomic E-state index is 0.00812. The Bertz CT molecular complexity index is 2260. The van der Waals surface area contributed by atoms with Crippen LogP contribution in [0.3, 0.4) is 0 Å². The van der Waals surface area contributed by atoms with E-state index in [1.54, 1.807) is 76.0 Å². The molecule has 1 unspecified atom stereocenters. The second-order valence-electron chi connectivity index (χ2n) is 12.4. The summed E-state index contributed by atoms with van der Waals surface area (Å²) >= 11 is 7.28. The van der Waals surface area contributed by atoms with Gasteiger partial charge in [0, 0.05) is 28.6 Å².